The average Bonchev–Trinajstić information content (AvgIpc) is 3.12. The molecule has 0 aromatic heterocycles. The number of phosphoric ester groups is 2. The molecule has 2 unspecified atom stereocenters. The number of ether oxygens (including phenoxy) is 4. The van der Waals surface area contributed by atoms with E-state index in [1.165, 1.54) is 186 Å². The van der Waals surface area contributed by atoms with Gasteiger partial charge in [-0.25, -0.2) is 9.13 Å². The molecule has 17 nitrogen and oxygen atoms in total. The molecule has 0 saturated heterocycles. The molecular formula is C74H144O17P2. The number of rotatable bonds is 72. The van der Waals surface area contributed by atoms with Crippen LogP contribution in [0.3, 0.4) is 0 Å². The molecule has 93 heavy (non-hydrogen) atoms. The molecule has 0 heterocycles. The van der Waals surface area contributed by atoms with Gasteiger partial charge in [-0.05, 0) is 43.4 Å². The molecule has 5 atom stereocenters. The topological polar surface area (TPSA) is 237 Å². The summed E-state index contributed by atoms with van der Waals surface area (Å²) in [5, 5.41) is 10.6. The summed E-state index contributed by atoms with van der Waals surface area (Å²) in [6.07, 6.45) is 49.9. The van der Waals surface area contributed by atoms with Crippen LogP contribution < -0.4 is 0 Å². The number of esters is 4. The molecule has 0 bridgehead atoms. The van der Waals surface area contributed by atoms with Crippen molar-refractivity contribution >= 4 is 39.5 Å². The number of aliphatic hydroxyl groups is 1. The van der Waals surface area contributed by atoms with Crippen LogP contribution in [0.2, 0.25) is 0 Å². The van der Waals surface area contributed by atoms with E-state index >= 15 is 0 Å². The van der Waals surface area contributed by atoms with Crippen molar-refractivity contribution in [3.05, 3.63) is 0 Å². The fourth-order valence-electron chi connectivity index (χ4n) is 11.2. The third kappa shape index (κ3) is 68.4. The first-order valence-corrected chi connectivity index (χ1v) is 41.3. The SMILES string of the molecule is CCCCCCCCCCCCCCCC(=O)O[C@H](COC(=O)CCCCCCCCCCC(C)C)COP(=O)(O)OC[C@H](O)COP(=O)(O)OC[C@@H](COC(=O)CCCCCCCCCCCCC(C)C)OC(=O)CCCCCCCCCCCCCCCC(C)C. The van der Waals surface area contributed by atoms with Crippen molar-refractivity contribution in [2.24, 2.45) is 17.8 Å². The Morgan fingerprint density at radius 3 is 0.731 bits per heavy atom. The van der Waals surface area contributed by atoms with Crippen LogP contribution in [-0.2, 0) is 65.4 Å². The van der Waals surface area contributed by atoms with E-state index in [4.69, 9.17) is 37.0 Å². The largest absolute Gasteiger partial charge is 0.472 e. The summed E-state index contributed by atoms with van der Waals surface area (Å²) in [5.41, 5.74) is 0. The highest BCUT2D eigenvalue weighted by molar-refractivity contribution is 7.47. The minimum absolute atomic E-state index is 0.107. The molecule has 0 aromatic carbocycles. The number of phosphoric acid groups is 2. The number of unbranched alkanes of at least 4 members (excludes halogenated alkanes) is 40. The lowest BCUT2D eigenvalue weighted by Gasteiger charge is -2.21. The highest BCUT2D eigenvalue weighted by atomic mass is 31.2. The molecular weight excluding hydrogens is 1220 g/mol. The first-order chi connectivity index (χ1) is 44.7. The van der Waals surface area contributed by atoms with E-state index < -0.39 is 97.5 Å². The number of hydrogen-bond acceptors (Lipinski definition) is 15. The van der Waals surface area contributed by atoms with Crippen LogP contribution in [0.25, 0.3) is 0 Å². The molecule has 0 aliphatic carbocycles. The molecule has 0 saturated carbocycles. The Morgan fingerprint density at radius 2 is 0.495 bits per heavy atom. The summed E-state index contributed by atoms with van der Waals surface area (Å²) in [5.74, 6) is 0.152. The second kappa shape index (κ2) is 64.7. The van der Waals surface area contributed by atoms with Gasteiger partial charge in [0.05, 0.1) is 26.4 Å². The Hall–Kier alpha value is -1.94. The van der Waals surface area contributed by atoms with Crippen LogP contribution >= 0.6 is 15.6 Å². The van der Waals surface area contributed by atoms with Crippen molar-refractivity contribution < 1.29 is 80.2 Å². The second-order valence-corrected chi connectivity index (χ2v) is 31.0. The van der Waals surface area contributed by atoms with E-state index in [1.54, 1.807) is 0 Å². The summed E-state index contributed by atoms with van der Waals surface area (Å²) in [7, 11) is -9.91. The van der Waals surface area contributed by atoms with Gasteiger partial charge in [0.1, 0.15) is 19.3 Å². The van der Waals surface area contributed by atoms with Gasteiger partial charge in [-0.3, -0.25) is 37.3 Å². The van der Waals surface area contributed by atoms with Gasteiger partial charge in [-0.15, -0.1) is 0 Å². The van der Waals surface area contributed by atoms with Crippen molar-refractivity contribution in [1.82, 2.24) is 0 Å². The lowest BCUT2D eigenvalue weighted by atomic mass is 10.0. The summed E-state index contributed by atoms with van der Waals surface area (Å²) >= 11 is 0. The maximum Gasteiger partial charge on any atom is 0.472 e. The van der Waals surface area contributed by atoms with Gasteiger partial charge in [0.25, 0.3) is 0 Å². The second-order valence-electron chi connectivity index (χ2n) is 28.1. The number of aliphatic hydroxyl groups excluding tert-OH is 1. The molecule has 552 valence electrons. The van der Waals surface area contributed by atoms with Crippen LogP contribution in [0.4, 0.5) is 0 Å². The lowest BCUT2D eigenvalue weighted by Crippen LogP contribution is -2.30. The van der Waals surface area contributed by atoms with Gasteiger partial charge in [-0.1, -0.05) is 325 Å². The highest BCUT2D eigenvalue weighted by Gasteiger charge is 2.30. The van der Waals surface area contributed by atoms with E-state index in [2.05, 4.69) is 48.5 Å². The molecule has 0 aromatic rings. The predicted octanol–water partition coefficient (Wildman–Crippen LogP) is 21.4. The van der Waals surface area contributed by atoms with Crippen LogP contribution in [0, 0.1) is 17.8 Å². The Balaban J connectivity index is 5.26. The Kier molecular flexibility index (Phi) is 63.4. The fourth-order valence-corrected chi connectivity index (χ4v) is 12.8. The number of carbonyl (C=O) groups excluding carboxylic acids is 4. The average molecular weight is 1370 g/mol. The summed E-state index contributed by atoms with van der Waals surface area (Å²) < 4.78 is 68.5. The van der Waals surface area contributed by atoms with Crippen LogP contribution in [0.5, 0.6) is 0 Å². The Labute approximate surface area is 568 Å². The predicted molar refractivity (Wildman–Crippen MR) is 377 cm³/mol. The molecule has 0 spiro atoms. The fraction of sp³-hybridized carbons (Fsp3) is 0.946. The quantitative estimate of drug-likeness (QED) is 0.0222. The van der Waals surface area contributed by atoms with Crippen molar-refractivity contribution in [2.45, 2.75) is 394 Å². The molecule has 19 heteroatoms. The monoisotopic (exact) mass is 1370 g/mol. The minimum Gasteiger partial charge on any atom is -0.462 e. The Morgan fingerprint density at radius 1 is 0.290 bits per heavy atom. The smallest absolute Gasteiger partial charge is 0.462 e. The lowest BCUT2D eigenvalue weighted by molar-refractivity contribution is -0.161. The van der Waals surface area contributed by atoms with E-state index in [0.717, 1.165) is 108 Å². The molecule has 0 aliphatic rings. The van der Waals surface area contributed by atoms with Crippen molar-refractivity contribution in [1.29, 1.82) is 0 Å². The normalized spacial score (nSPS) is 14.1. The molecule has 0 radical (unpaired) electrons. The maximum atomic E-state index is 13.1. The Bertz CT molecular complexity index is 1820. The van der Waals surface area contributed by atoms with Gasteiger partial charge in [0.15, 0.2) is 12.2 Å². The van der Waals surface area contributed by atoms with Crippen molar-refractivity contribution in [3.63, 3.8) is 0 Å². The molecule has 0 aliphatic heterocycles. The van der Waals surface area contributed by atoms with E-state index in [9.17, 15) is 43.2 Å². The maximum absolute atomic E-state index is 13.1. The van der Waals surface area contributed by atoms with Crippen LogP contribution in [-0.4, -0.2) is 96.7 Å². The third-order valence-corrected chi connectivity index (χ3v) is 19.0. The van der Waals surface area contributed by atoms with E-state index in [1.807, 2.05) is 0 Å². The van der Waals surface area contributed by atoms with Gasteiger partial charge in [-0.2, -0.15) is 0 Å². The van der Waals surface area contributed by atoms with Crippen LogP contribution in [0.15, 0.2) is 0 Å². The molecule has 0 fully saturated rings. The highest BCUT2D eigenvalue weighted by Crippen LogP contribution is 2.45. The number of hydrogen-bond donors (Lipinski definition) is 3. The van der Waals surface area contributed by atoms with E-state index in [-0.39, 0.29) is 25.7 Å². The van der Waals surface area contributed by atoms with Gasteiger partial charge in [0, 0.05) is 25.7 Å². The number of carbonyl (C=O) groups is 4. The molecule has 3 N–H and O–H groups in total. The summed E-state index contributed by atoms with van der Waals surface area (Å²) in [6, 6.07) is 0. The third-order valence-electron chi connectivity index (χ3n) is 17.1. The zero-order valence-corrected chi connectivity index (χ0v) is 62.5. The first kappa shape index (κ1) is 91.1. The zero-order valence-electron chi connectivity index (χ0n) is 60.7. The standard InChI is InChI=1S/C74H144O17P2/c1-8-9-10-11-12-13-14-16-20-27-36-43-50-57-73(78)91-70(62-85-72(77)56-49-42-35-30-29-33-40-47-54-67(6)7)64-89-93(82,83)87-60-68(75)59-86-92(80,81)88-63-69(61-84-71(76)55-48-41-34-26-23-22-25-32-39-46-53-66(4)5)90-74(79)58-51-44-37-28-21-18-15-17-19-24-31-38-45-52-65(2)3/h65-70,75H,8-64H2,1-7H3,(H,80,81)(H,82,83)/t68-,69-,70-/m1/s1. The van der Waals surface area contributed by atoms with Gasteiger partial charge < -0.3 is 33.8 Å². The summed E-state index contributed by atoms with van der Waals surface area (Å²) in [6.45, 7) is 11.9. The zero-order chi connectivity index (χ0) is 68.7. The summed E-state index contributed by atoms with van der Waals surface area (Å²) in [4.78, 5) is 72.7. The first-order valence-electron chi connectivity index (χ1n) is 38.3. The van der Waals surface area contributed by atoms with Gasteiger partial charge in [0.2, 0.25) is 0 Å². The minimum atomic E-state index is -4.96. The van der Waals surface area contributed by atoms with Gasteiger partial charge >= 0.3 is 39.5 Å². The van der Waals surface area contributed by atoms with Crippen molar-refractivity contribution in [2.75, 3.05) is 39.6 Å². The van der Waals surface area contributed by atoms with Crippen LogP contribution in [0.1, 0.15) is 376 Å². The van der Waals surface area contributed by atoms with E-state index in [0.29, 0.717) is 25.7 Å². The van der Waals surface area contributed by atoms with Crippen molar-refractivity contribution in [3.8, 4) is 0 Å². The molecule has 0 amide bonds. The molecule has 0 rings (SSSR count).